The van der Waals surface area contributed by atoms with Crippen LogP contribution in [0.3, 0.4) is 0 Å². The maximum Gasteiger partial charge on any atom is 0.125 e. The summed E-state index contributed by atoms with van der Waals surface area (Å²) in [6.45, 7) is 11.1. The predicted octanol–water partition coefficient (Wildman–Crippen LogP) is 2.89. The Bertz CT molecular complexity index is 525. The number of hydrogen-bond acceptors (Lipinski definition) is 3. The molecule has 0 fully saturated rings. The number of furan rings is 1. The summed E-state index contributed by atoms with van der Waals surface area (Å²) in [6.07, 6.45) is 1.82. The molecule has 0 bridgehead atoms. The Kier molecular flexibility index (Phi) is 4.43. The van der Waals surface area contributed by atoms with Crippen molar-refractivity contribution in [3.8, 4) is 0 Å². The van der Waals surface area contributed by atoms with E-state index >= 15 is 0 Å². The SMILES string of the molecule is Cc1oc(Cn2nccc2C)cc1CNCC(C)C. The molecule has 2 rings (SSSR count). The molecular formula is C15H23N3O. The molecule has 0 aromatic carbocycles. The first kappa shape index (κ1) is 13.9. The molecule has 0 atom stereocenters. The maximum absolute atomic E-state index is 5.80. The Balaban J connectivity index is 1.98. The average molecular weight is 261 g/mol. The van der Waals surface area contributed by atoms with E-state index in [2.05, 4.69) is 30.3 Å². The monoisotopic (exact) mass is 261 g/mol. The van der Waals surface area contributed by atoms with Crippen LogP contribution >= 0.6 is 0 Å². The van der Waals surface area contributed by atoms with Crippen LogP contribution in [0.2, 0.25) is 0 Å². The summed E-state index contributed by atoms with van der Waals surface area (Å²) in [5.41, 5.74) is 2.38. The summed E-state index contributed by atoms with van der Waals surface area (Å²) >= 11 is 0. The minimum Gasteiger partial charge on any atom is -0.464 e. The summed E-state index contributed by atoms with van der Waals surface area (Å²) in [5.74, 6) is 2.63. The van der Waals surface area contributed by atoms with E-state index in [0.29, 0.717) is 12.5 Å². The molecule has 0 amide bonds. The average Bonchev–Trinajstić information content (AvgIpc) is 2.87. The third kappa shape index (κ3) is 3.70. The fourth-order valence-electron chi connectivity index (χ4n) is 2.05. The van der Waals surface area contributed by atoms with Gasteiger partial charge in [0, 0.05) is 24.0 Å². The van der Waals surface area contributed by atoms with Crippen molar-refractivity contribution in [3.05, 3.63) is 41.1 Å². The highest BCUT2D eigenvalue weighted by Crippen LogP contribution is 2.16. The Morgan fingerprint density at radius 3 is 2.79 bits per heavy atom. The van der Waals surface area contributed by atoms with E-state index in [4.69, 9.17) is 4.42 Å². The van der Waals surface area contributed by atoms with Crippen molar-refractivity contribution in [1.82, 2.24) is 15.1 Å². The lowest BCUT2D eigenvalue weighted by atomic mass is 10.2. The van der Waals surface area contributed by atoms with Crippen LogP contribution in [0.5, 0.6) is 0 Å². The van der Waals surface area contributed by atoms with Crippen molar-refractivity contribution in [2.75, 3.05) is 6.54 Å². The molecule has 2 aromatic heterocycles. The normalized spacial score (nSPS) is 11.4. The molecule has 2 heterocycles. The minimum absolute atomic E-state index is 0.665. The summed E-state index contributed by atoms with van der Waals surface area (Å²) in [6, 6.07) is 4.13. The van der Waals surface area contributed by atoms with Gasteiger partial charge in [0.1, 0.15) is 11.5 Å². The third-order valence-electron chi connectivity index (χ3n) is 3.17. The van der Waals surface area contributed by atoms with Crippen LogP contribution < -0.4 is 5.32 Å². The van der Waals surface area contributed by atoms with Crippen LogP contribution in [-0.2, 0) is 13.1 Å². The van der Waals surface area contributed by atoms with Crippen molar-refractivity contribution in [1.29, 1.82) is 0 Å². The molecule has 1 N–H and O–H groups in total. The molecule has 0 saturated carbocycles. The second-order valence-electron chi connectivity index (χ2n) is 5.45. The first-order valence-corrected chi connectivity index (χ1v) is 6.83. The summed E-state index contributed by atoms with van der Waals surface area (Å²) in [5, 5.41) is 7.72. The van der Waals surface area contributed by atoms with Crippen molar-refractivity contribution in [3.63, 3.8) is 0 Å². The van der Waals surface area contributed by atoms with Gasteiger partial charge in [-0.3, -0.25) is 4.68 Å². The molecule has 0 spiro atoms. The quantitative estimate of drug-likeness (QED) is 0.869. The van der Waals surface area contributed by atoms with Gasteiger partial charge in [0.2, 0.25) is 0 Å². The predicted molar refractivity (Wildman–Crippen MR) is 76.1 cm³/mol. The molecule has 0 saturated heterocycles. The van der Waals surface area contributed by atoms with Gasteiger partial charge in [-0.1, -0.05) is 13.8 Å². The van der Waals surface area contributed by atoms with Gasteiger partial charge >= 0.3 is 0 Å². The van der Waals surface area contributed by atoms with E-state index in [9.17, 15) is 0 Å². The fraction of sp³-hybridized carbons (Fsp3) is 0.533. The van der Waals surface area contributed by atoms with Crippen LogP contribution in [0.4, 0.5) is 0 Å². The number of nitrogens with one attached hydrogen (secondary N) is 1. The molecule has 0 aliphatic rings. The molecule has 19 heavy (non-hydrogen) atoms. The summed E-state index contributed by atoms with van der Waals surface area (Å²) in [4.78, 5) is 0. The summed E-state index contributed by atoms with van der Waals surface area (Å²) < 4.78 is 7.75. The highest BCUT2D eigenvalue weighted by Gasteiger charge is 2.09. The first-order chi connectivity index (χ1) is 9.06. The molecule has 2 aromatic rings. The summed E-state index contributed by atoms with van der Waals surface area (Å²) in [7, 11) is 0. The Morgan fingerprint density at radius 1 is 1.37 bits per heavy atom. The Hall–Kier alpha value is -1.55. The van der Waals surface area contributed by atoms with Gasteiger partial charge in [0.05, 0.1) is 6.54 Å². The van der Waals surface area contributed by atoms with E-state index in [-0.39, 0.29) is 0 Å². The smallest absolute Gasteiger partial charge is 0.125 e. The van der Waals surface area contributed by atoms with E-state index in [1.165, 1.54) is 5.56 Å². The zero-order chi connectivity index (χ0) is 13.8. The van der Waals surface area contributed by atoms with Crippen LogP contribution in [0.25, 0.3) is 0 Å². The van der Waals surface area contributed by atoms with Gasteiger partial charge in [-0.2, -0.15) is 5.10 Å². The van der Waals surface area contributed by atoms with Crippen molar-refractivity contribution in [2.24, 2.45) is 5.92 Å². The minimum atomic E-state index is 0.665. The number of hydrogen-bond donors (Lipinski definition) is 1. The molecule has 4 nitrogen and oxygen atoms in total. The largest absolute Gasteiger partial charge is 0.464 e. The lowest BCUT2D eigenvalue weighted by Crippen LogP contribution is -2.19. The molecular weight excluding hydrogens is 238 g/mol. The second-order valence-corrected chi connectivity index (χ2v) is 5.45. The zero-order valence-electron chi connectivity index (χ0n) is 12.2. The van der Waals surface area contributed by atoms with Crippen molar-refractivity contribution < 1.29 is 4.42 Å². The Morgan fingerprint density at radius 2 is 2.16 bits per heavy atom. The van der Waals surface area contributed by atoms with Crippen molar-refractivity contribution >= 4 is 0 Å². The second kappa shape index (κ2) is 6.06. The van der Waals surface area contributed by atoms with Gasteiger partial charge in [-0.25, -0.2) is 0 Å². The van der Waals surface area contributed by atoms with Crippen LogP contribution in [0.15, 0.2) is 22.7 Å². The van der Waals surface area contributed by atoms with E-state index in [1.54, 1.807) is 0 Å². The number of nitrogens with zero attached hydrogens (tertiary/aromatic N) is 2. The molecule has 0 radical (unpaired) electrons. The first-order valence-electron chi connectivity index (χ1n) is 6.83. The fourth-order valence-corrected chi connectivity index (χ4v) is 2.05. The lowest BCUT2D eigenvalue weighted by molar-refractivity contribution is 0.453. The van der Waals surface area contributed by atoms with Gasteiger partial charge < -0.3 is 9.73 Å². The number of aryl methyl sites for hydroxylation is 2. The Labute approximate surface area is 114 Å². The third-order valence-corrected chi connectivity index (χ3v) is 3.17. The van der Waals surface area contributed by atoms with E-state index in [0.717, 1.165) is 30.3 Å². The molecule has 104 valence electrons. The van der Waals surface area contributed by atoms with Gasteiger partial charge in [0.15, 0.2) is 0 Å². The maximum atomic E-state index is 5.80. The highest BCUT2D eigenvalue weighted by molar-refractivity contribution is 5.21. The number of rotatable bonds is 6. The van der Waals surface area contributed by atoms with Crippen LogP contribution in [0.1, 0.15) is 36.6 Å². The van der Waals surface area contributed by atoms with Crippen LogP contribution in [-0.4, -0.2) is 16.3 Å². The molecule has 4 heteroatoms. The topological polar surface area (TPSA) is 43.0 Å². The highest BCUT2D eigenvalue weighted by atomic mass is 16.3. The molecule has 0 unspecified atom stereocenters. The standard InChI is InChI=1S/C15H23N3O/c1-11(2)8-16-9-14-7-15(19-13(14)4)10-18-12(3)5-6-17-18/h5-7,11,16H,8-10H2,1-4H3. The van der Waals surface area contributed by atoms with E-state index in [1.807, 2.05) is 30.8 Å². The van der Waals surface area contributed by atoms with Crippen LogP contribution in [0, 0.1) is 19.8 Å². The molecule has 0 aliphatic carbocycles. The van der Waals surface area contributed by atoms with Crippen molar-refractivity contribution in [2.45, 2.75) is 40.8 Å². The number of aromatic nitrogens is 2. The van der Waals surface area contributed by atoms with Gasteiger partial charge in [0.25, 0.3) is 0 Å². The zero-order valence-corrected chi connectivity index (χ0v) is 12.2. The van der Waals surface area contributed by atoms with Gasteiger partial charge in [-0.15, -0.1) is 0 Å². The molecule has 0 aliphatic heterocycles. The van der Waals surface area contributed by atoms with E-state index < -0.39 is 0 Å². The lowest BCUT2D eigenvalue weighted by Gasteiger charge is -2.05. The van der Waals surface area contributed by atoms with Gasteiger partial charge in [-0.05, 0) is 38.4 Å².